The van der Waals surface area contributed by atoms with Crippen LogP contribution in [0, 0.1) is 0 Å². The number of rotatable bonds is 1. The maximum absolute atomic E-state index is 13.1. The van der Waals surface area contributed by atoms with E-state index in [9.17, 15) is 8.78 Å². The summed E-state index contributed by atoms with van der Waals surface area (Å²) in [4.78, 5) is 0. The molecule has 0 aromatic carbocycles. The van der Waals surface area contributed by atoms with E-state index in [2.05, 4.69) is 25.9 Å². The van der Waals surface area contributed by atoms with Crippen molar-refractivity contribution < 1.29 is 8.78 Å². The van der Waals surface area contributed by atoms with Gasteiger partial charge in [0.2, 0.25) is 5.92 Å². The van der Waals surface area contributed by atoms with Crippen LogP contribution in [0.1, 0.15) is 58.1 Å². The molecule has 0 unspecified atom stereocenters. The molecule has 1 aliphatic carbocycles. The lowest BCUT2D eigenvalue weighted by Crippen LogP contribution is -2.26. The third-order valence-electron chi connectivity index (χ3n) is 3.53. The third-order valence-corrected chi connectivity index (χ3v) is 3.53. The molecule has 0 bridgehead atoms. The van der Waals surface area contributed by atoms with Crippen LogP contribution in [0.5, 0.6) is 0 Å². The normalized spacial score (nSPS) is 21.7. The summed E-state index contributed by atoms with van der Waals surface area (Å²) >= 11 is 0. The van der Waals surface area contributed by atoms with E-state index in [0.29, 0.717) is 12.8 Å². The van der Waals surface area contributed by atoms with Gasteiger partial charge in [0, 0.05) is 19.0 Å². The average molecular weight is 242 g/mol. The fraction of sp³-hybridized carbons (Fsp3) is 0.769. The molecule has 17 heavy (non-hydrogen) atoms. The Bertz CT molecular complexity index is 380. The molecule has 0 spiro atoms. The molecule has 0 amide bonds. The number of nitrogens with zero attached hydrogens (tertiary/aromatic N) is 2. The van der Waals surface area contributed by atoms with E-state index in [1.54, 1.807) is 0 Å². The van der Waals surface area contributed by atoms with Crippen LogP contribution < -0.4 is 0 Å². The second kappa shape index (κ2) is 4.07. The van der Waals surface area contributed by atoms with Gasteiger partial charge in [-0.25, -0.2) is 8.78 Å². The van der Waals surface area contributed by atoms with Gasteiger partial charge >= 0.3 is 0 Å². The largest absolute Gasteiger partial charge is 0.269 e. The monoisotopic (exact) mass is 242 g/mol. The second-order valence-corrected chi connectivity index (χ2v) is 6.05. The Hall–Kier alpha value is -0.930. The number of halogens is 2. The van der Waals surface area contributed by atoms with Gasteiger partial charge < -0.3 is 0 Å². The summed E-state index contributed by atoms with van der Waals surface area (Å²) in [5, 5.41) is 4.33. The lowest BCUT2D eigenvalue weighted by Gasteiger charge is -2.28. The number of hydrogen-bond acceptors (Lipinski definition) is 1. The van der Waals surface area contributed by atoms with Crippen LogP contribution in [0.4, 0.5) is 8.78 Å². The standard InChI is InChI=1S/C13H20F2N2/c1-12(2,3)10-8-16-17(9-10)11-4-6-13(14,15)7-5-11/h8-9,11H,4-7H2,1-3H3. The molecule has 0 atom stereocenters. The maximum atomic E-state index is 13.1. The van der Waals surface area contributed by atoms with Gasteiger partial charge in [0.05, 0.1) is 12.2 Å². The summed E-state index contributed by atoms with van der Waals surface area (Å²) in [6, 6.07) is 0.144. The molecular formula is C13H20F2N2. The molecule has 2 rings (SSSR count). The molecule has 0 aliphatic heterocycles. The smallest absolute Gasteiger partial charge is 0.248 e. The van der Waals surface area contributed by atoms with Crippen LogP contribution in [0.3, 0.4) is 0 Å². The average Bonchev–Trinajstić information content (AvgIpc) is 2.66. The zero-order valence-corrected chi connectivity index (χ0v) is 10.7. The molecule has 1 heterocycles. The molecule has 1 aliphatic rings. The molecule has 2 nitrogen and oxygen atoms in total. The van der Waals surface area contributed by atoms with Crippen LogP contribution in [0.2, 0.25) is 0 Å². The summed E-state index contributed by atoms with van der Waals surface area (Å²) in [6.07, 6.45) is 4.89. The van der Waals surface area contributed by atoms with Crippen molar-refractivity contribution in [1.29, 1.82) is 0 Å². The maximum Gasteiger partial charge on any atom is 0.248 e. The van der Waals surface area contributed by atoms with Crippen molar-refractivity contribution in [3.63, 3.8) is 0 Å². The highest BCUT2D eigenvalue weighted by Gasteiger charge is 2.35. The van der Waals surface area contributed by atoms with Crippen molar-refractivity contribution in [3.05, 3.63) is 18.0 Å². The van der Waals surface area contributed by atoms with Gasteiger partial charge in [-0.05, 0) is 23.8 Å². The molecule has 1 fully saturated rings. The highest BCUT2D eigenvalue weighted by molar-refractivity contribution is 5.15. The van der Waals surface area contributed by atoms with E-state index in [4.69, 9.17) is 0 Å². The van der Waals surface area contributed by atoms with E-state index in [1.807, 2.05) is 17.1 Å². The number of alkyl halides is 2. The topological polar surface area (TPSA) is 17.8 Å². The first-order valence-corrected chi connectivity index (χ1v) is 6.20. The van der Waals surface area contributed by atoms with E-state index < -0.39 is 5.92 Å². The Morgan fingerprint density at radius 2 is 1.88 bits per heavy atom. The summed E-state index contributed by atoms with van der Waals surface area (Å²) in [5.41, 5.74) is 1.23. The van der Waals surface area contributed by atoms with Gasteiger partial charge in [-0.15, -0.1) is 0 Å². The minimum atomic E-state index is -2.46. The fourth-order valence-electron chi connectivity index (χ4n) is 2.21. The predicted molar refractivity (Wildman–Crippen MR) is 63.4 cm³/mol. The first-order chi connectivity index (χ1) is 7.78. The van der Waals surface area contributed by atoms with Gasteiger partial charge in [0.25, 0.3) is 0 Å². The van der Waals surface area contributed by atoms with E-state index >= 15 is 0 Å². The van der Waals surface area contributed by atoms with Gasteiger partial charge in [-0.2, -0.15) is 5.10 Å². The van der Waals surface area contributed by atoms with Gasteiger partial charge in [0.1, 0.15) is 0 Å². The van der Waals surface area contributed by atoms with Crippen LogP contribution >= 0.6 is 0 Å². The lowest BCUT2D eigenvalue weighted by molar-refractivity contribution is -0.0450. The van der Waals surface area contributed by atoms with Crippen molar-refractivity contribution in [3.8, 4) is 0 Å². The van der Waals surface area contributed by atoms with Crippen molar-refractivity contribution >= 4 is 0 Å². The van der Waals surface area contributed by atoms with Crippen LogP contribution in [-0.2, 0) is 5.41 Å². The molecule has 4 heteroatoms. The van der Waals surface area contributed by atoms with Crippen LogP contribution in [0.15, 0.2) is 12.4 Å². The van der Waals surface area contributed by atoms with E-state index in [-0.39, 0.29) is 24.3 Å². The van der Waals surface area contributed by atoms with Crippen molar-refractivity contribution in [2.24, 2.45) is 0 Å². The SMILES string of the molecule is CC(C)(C)c1cnn(C2CCC(F)(F)CC2)c1. The molecule has 1 aromatic heterocycles. The molecule has 0 N–H and O–H groups in total. The van der Waals surface area contributed by atoms with Crippen molar-refractivity contribution in [2.75, 3.05) is 0 Å². The molecule has 1 saturated carbocycles. The predicted octanol–water partition coefficient (Wildman–Crippen LogP) is 3.93. The van der Waals surface area contributed by atoms with E-state index in [1.165, 1.54) is 0 Å². The quantitative estimate of drug-likeness (QED) is 0.729. The fourth-order valence-corrected chi connectivity index (χ4v) is 2.21. The van der Waals surface area contributed by atoms with Crippen molar-refractivity contribution in [2.45, 2.75) is 63.8 Å². The first-order valence-electron chi connectivity index (χ1n) is 6.20. The Kier molecular flexibility index (Phi) is 3.00. The van der Waals surface area contributed by atoms with Crippen LogP contribution in [-0.4, -0.2) is 15.7 Å². The zero-order valence-electron chi connectivity index (χ0n) is 10.7. The molecule has 1 aromatic rings. The highest BCUT2D eigenvalue weighted by Crippen LogP contribution is 2.38. The first kappa shape index (κ1) is 12.5. The summed E-state index contributed by atoms with van der Waals surface area (Å²) in [6.45, 7) is 6.39. The van der Waals surface area contributed by atoms with Crippen LogP contribution in [0.25, 0.3) is 0 Å². The molecule has 96 valence electrons. The van der Waals surface area contributed by atoms with Gasteiger partial charge in [-0.3, -0.25) is 4.68 Å². The minimum absolute atomic E-state index is 0.0115. The Labute approximate surface area is 101 Å². The summed E-state index contributed by atoms with van der Waals surface area (Å²) < 4.78 is 28.0. The lowest BCUT2D eigenvalue weighted by atomic mass is 9.89. The van der Waals surface area contributed by atoms with Gasteiger partial charge in [0.15, 0.2) is 0 Å². The zero-order chi connectivity index (χ0) is 12.7. The summed E-state index contributed by atoms with van der Waals surface area (Å²) in [5.74, 6) is -2.46. The Morgan fingerprint density at radius 1 is 1.29 bits per heavy atom. The highest BCUT2D eigenvalue weighted by atomic mass is 19.3. The van der Waals surface area contributed by atoms with Crippen molar-refractivity contribution in [1.82, 2.24) is 9.78 Å². The molecule has 0 radical (unpaired) electrons. The molecule has 0 saturated heterocycles. The Morgan fingerprint density at radius 3 is 2.35 bits per heavy atom. The third kappa shape index (κ3) is 2.85. The number of aromatic nitrogens is 2. The minimum Gasteiger partial charge on any atom is -0.269 e. The molecular weight excluding hydrogens is 222 g/mol. The number of hydrogen-bond donors (Lipinski definition) is 0. The van der Waals surface area contributed by atoms with Gasteiger partial charge in [-0.1, -0.05) is 20.8 Å². The summed E-state index contributed by atoms with van der Waals surface area (Å²) in [7, 11) is 0. The second-order valence-electron chi connectivity index (χ2n) is 6.05. The van der Waals surface area contributed by atoms with E-state index in [0.717, 1.165) is 5.56 Å². The Balaban J connectivity index is 2.07.